The summed E-state index contributed by atoms with van der Waals surface area (Å²) in [7, 11) is 0. The highest BCUT2D eigenvalue weighted by Gasteiger charge is 2.16. The second-order valence-electron chi connectivity index (χ2n) is 4.61. The number of carbonyl (C=O) groups excluding carboxylic acids is 1. The molecule has 18 heavy (non-hydrogen) atoms. The molecule has 94 valence electrons. The van der Waals surface area contributed by atoms with Gasteiger partial charge >= 0.3 is 6.03 Å². The lowest BCUT2D eigenvalue weighted by molar-refractivity contribution is 0.248. The van der Waals surface area contributed by atoms with Gasteiger partial charge in [0.2, 0.25) is 0 Å². The number of hydrogen-bond acceptors (Lipinski definition) is 3. The van der Waals surface area contributed by atoms with Gasteiger partial charge < -0.3 is 10.6 Å². The summed E-state index contributed by atoms with van der Waals surface area (Å²) in [4.78, 5) is 16.0. The Hall–Kier alpha value is -1.62. The number of fused-ring (bicyclic) bond motifs is 1. The first-order valence-corrected chi connectivity index (χ1v) is 7.10. The average Bonchev–Trinajstić information content (AvgIpc) is 2.98. The number of benzene rings is 1. The minimum Gasteiger partial charge on any atom is -0.335 e. The molecule has 0 saturated heterocycles. The van der Waals surface area contributed by atoms with E-state index in [0.717, 1.165) is 28.7 Å². The summed E-state index contributed by atoms with van der Waals surface area (Å²) in [6.45, 7) is 0. The first kappa shape index (κ1) is 11.5. The van der Waals surface area contributed by atoms with E-state index in [-0.39, 0.29) is 6.03 Å². The Morgan fingerprint density at radius 1 is 1.33 bits per heavy atom. The zero-order valence-electron chi connectivity index (χ0n) is 9.98. The van der Waals surface area contributed by atoms with Crippen LogP contribution >= 0.6 is 11.3 Å². The van der Waals surface area contributed by atoms with Crippen LogP contribution in [0.15, 0.2) is 23.7 Å². The second-order valence-corrected chi connectivity index (χ2v) is 5.50. The molecule has 4 nitrogen and oxygen atoms in total. The van der Waals surface area contributed by atoms with Crippen molar-refractivity contribution in [3.63, 3.8) is 0 Å². The Morgan fingerprint density at radius 2 is 2.17 bits per heavy atom. The lowest BCUT2D eigenvalue weighted by Gasteiger charge is -2.12. The van der Waals surface area contributed by atoms with Crippen LogP contribution in [-0.2, 0) is 0 Å². The molecule has 1 aromatic heterocycles. The largest absolute Gasteiger partial charge is 0.335 e. The molecular formula is C13H15N3OS. The van der Waals surface area contributed by atoms with Crippen molar-refractivity contribution >= 4 is 33.3 Å². The number of nitrogens with one attached hydrogen (secondary N) is 2. The van der Waals surface area contributed by atoms with Gasteiger partial charge in [0, 0.05) is 11.7 Å². The van der Waals surface area contributed by atoms with Crippen molar-refractivity contribution in [3.05, 3.63) is 23.7 Å². The van der Waals surface area contributed by atoms with Gasteiger partial charge in [-0.1, -0.05) is 12.8 Å². The van der Waals surface area contributed by atoms with Crippen LogP contribution in [0.3, 0.4) is 0 Å². The minimum absolute atomic E-state index is 0.106. The van der Waals surface area contributed by atoms with E-state index in [0.29, 0.717) is 6.04 Å². The summed E-state index contributed by atoms with van der Waals surface area (Å²) in [6.07, 6.45) is 4.64. The first-order valence-electron chi connectivity index (χ1n) is 6.22. The lowest BCUT2D eigenvalue weighted by Crippen LogP contribution is -2.36. The fourth-order valence-corrected chi connectivity index (χ4v) is 3.07. The molecule has 0 bridgehead atoms. The Balaban J connectivity index is 1.65. The number of rotatable bonds is 2. The van der Waals surface area contributed by atoms with Crippen molar-refractivity contribution in [3.8, 4) is 0 Å². The third kappa shape index (κ3) is 2.46. The molecule has 2 aromatic rings. The summed E-state index contributed by atoms with van der Waals surface area (Å²) >= 11 is 1.58. The van der Waals surface area contributed by atoms with Gasteiger partial charge in [0.05, 0.1) is 15.7 Å². The molecule has 0 aliphatic heterocycles. The van der Waals surface area contributed by atoms with Gasteiger partial charge in [0.15, 0.2) is 0 Å². The number of aromatic nitrogens is 1. The van der Waals surface area contributed by atoms with E-state index in [4.69, 9.17) is 0 Å². The van der Waals surface area contributed by atoms with E-state index < -0.39 is 0 Å². The Labute approximate surface area is 109 Å². The maximum Gasteiger partial charge on any atom is 0.319 e. The van der Waals surface area contributed by atoms with Crippen molar-refractivity contribution in [2.75, 3.05) is 5.32 Å². The molecule has 1 heterocycles. The molecule has 2 amide bonds. The average molecular weight is 261 g/mol. The van der Waals surface area contributed by atoms with E-state index in [2.05, 4.69) is 15.6 Å². The van der Waals surface area contributed by atoms with E-state index in [1.165, 1.54) is 12.8 Å². The van der Waals surface area contributed by atoms with Gasteiger partial charge in [-0.2, -0.15) is 0 Å². The van der Waals surface area contributed by atoms with Gasteiger partial charge in [-0.15, -0.1) is 11.3 Å². The van der Waals surface area contributed by atoms with Crippen LogP contribution in [0.5, 0.6) is 0 Å². The molecule has 1 aliphatic rings. The summed E-state index contributed by atoms with van der Waals surface area (Å²) in [6, 6.07) is 6.01. The van der Waals surface area contributed by atoms with Crippen LogP contribution in [0.2, 0.25) is 0 Å². The molecule has 0 unspecified atom stereocenters. The van der Waals surface area contributed by atoms with Crippen LogP contribution < -0.4 is 10.6 Å². The zero-order chi connectivity index (χ0) is 12.4. The van der Waals surface area contributed by atoms with Gasteiger partial charge in [0.1, 0.15) is 0 Å². The quantitative estimate of drug-likeness (QED) is 0.871. The molecule has 3 rings (SSSR count). The number of anilines is 1. The monoisotopic (exact) mass is 261 g/mol. The summed E-state index contributed by atoms with van der Waals surface area (Å²) in [5.74, 6) is 0. The van der Waals surface area contributed by atoms with Crippen molar-refractivity contribution in [2.24, 2.45) is 0 Å². The molecule has 1 fully saturated rings. The molecule has 0 radical (unpaired) electrons. The number of hydrogen-bond donors (Lipinski definition) is 2. The van der Waals surface area contributed by atoms with Crippen molar-refractivity contribution in [2.45, 2.75) is 31.7 Å². The van der Waals surface area contributed by atoms with Gasteiger partial charge in [-0.25, -0.2) is 9.78 Å². The van der Waals surface area contributed by atoms with Gasteiger partial charge in [0.25, 0.3) is 0 Å². The molecule has 1 aromatic carbocycles. The number of amides is 2. The highest BCUT2D eigenvalue weighted by Crippen LogP contribution is 2.22. The highest BCUT2D eigenvalue weighted by atomic mass is 32.1. The van der Waals surface area contributed by atoms with Gasteiger partial charge in [-0.05, 0) is 31.0 Å². The minimum atomic E-state index is -0.106. The molecule has 0 spiro atoms. The molecule has 1 aliphatic carbocycles. The molecule has 2 N–H and O–H groups in total. The van der Waals surface area contributed by atoms with Crippen LogP contribution in [0, 0.1) is 0 Å². The Bertz CT molecular complexity index is 560. The lowest BCUT2D eigenvalue weighted by atomic mass is 10.2. The van der Waals surface area contributed by atoms with E-state index >= 15 is 0 Å². The topological polar surface area (TPSA) is 54.0 Å². The second kappa shape index (κ2) is 4.94. The van der Waals surface area contributed by atoms with Crippen LogP contribution in [0.1, 0.15) is 25.7 Å². The molecule has 1 saturated carbocycles. The highest BCUT2D eigenvalue weighted by molar-refractivity contribution is 7.16. The fraction of sp³-hybridized carbons (Fsp3) is 0.385. The SMILES string of the molecule is O=C(Nc1ccc2ncsc2c1)NC1CCCC1. The zero-order valence-corrected chi connectivity index (χ0v) is 10.8. The van der Waals surface area contributed by atoms with Crippen molar-refractivity contribution in [1.82, 2.24) is 10.3 Å². The smallest absolute Gasteiger partial charge is 0.319 e. The first-order chi connectivity index (χ1) is 8.81. The maximum absolute atomic E-state index is 11.8. The summed E-state index contributed by atoms with van der Waals surface area (Å²) in [5.41, 5.74) is 3.61. The molecule has 0 atom stereocenters. The molecule has 5 heteroatoms. The summed E-state index contributed by atoms with van der Waals surface area (Å²) in [5, 5.41) is 5.89. The van der Waals surface area contributed by atoms with E-state index in [1.54, 1.807) is 11.3 Å². The predicted molar refractivity (Wildman–Crippen MR) is 74.0 cm³/mol. The number of carbonyl (C=O) groups is 1. The van der Waals surface area contributed by atoms with Crippen LogP contribution in [0.25, 0.3) is 10.2 Å². The number of thiazole rings is 1. The van der Waals surface area contributed by atoms with E-state index in [1.807, 2.05) is 23.7 Å². The Kier molecular flexibility index (Phi) is 3.15. The van der Waals surface area contributed by atoms with Crippen LogP contribution in [-0.4, -0.2) is 17.1 Å². The van der Waals surface area contributed by atoms with Crippen LogP contribution in [0.4, 0.5) is 10.5 Å². The van der Waals surface area contributed by atoms with Crippen molar-refractivity contribution < 1.29 is 4.79 Å². The standard InChI is InChI=1S/C13H15N3OS/c17-13(15-9-3-1-2-4-9)16-10-5-6-11-12(7-10)18-8-14-11/h5-9H,1-4H2,(H2,15,16,17). The predicted octanol–water partition coefficient (Wildman–Crippen LogP) is 3.36. The van der Waals surface area contributed by atoms with Crippen molar-refractivity contribution in [1.29, 1.82) is 0 Å². The number of nitrogens with zero attached hydrogens (tertiary/aromatic N) is 1. The third-order valence-electron chi connectivity index (χ3n) is 3.28. The summed E-state index contributed by atoms with van der Waals surface area (Å²) < 4.78 is 1.09. The van der Waals surface area contributed by atoms with E-state index in [9.17, 15) is 4.79 Å². The number of urea groups is 1. The maximum atomic E-state index is 11.8. The third-order valence-corrected chi connectivity index (χ3v) is 4.07. The fourth-order valence-electron chi connectivity index (χ4n) is 2.36. The Morgan fingerprint density at radius 3 is 3.00 bits per heavy atom. The normalized spacial score (nSPS) is 16.0. The van der Waals surface area contributed by atoms with Gasteiger partial charge in [-0.3, -0.25) is 0 Å². The molecular weight excluding hydrogens is 246 g/mol.